The highest BCUT2D eigenvalue weighted by Crippen LogP contribution is 2.25. The minimum atomic E-state index is -0.752. The van der Waals surface area contributed by atoms with Crippen LogP contribution in [0.5, 0.6) is 0 Å². The van der Waals surface area contributed by atoms with Gasteiger partial charge in [-0.25, -0.2) is 9.97 Å². The Balaban J connectivity index is 1.94. The molecule has 1 N–H and O–H groups in total. The van der Waals surface area contributed by atoms with Crippen molar-refractivity contribution in [2.75, 3.05) is 25.1 Å². The zero-order chi connectivity index (χ0) is 16.9. The second-order valence-electron chi connectivity index (χ2n) is 5.84. The Hall–Kier alpha value is -2.54. The summed E-state index contributed by atoms with van der Waals surface area (Å²) in [7, 11) is 1.62. The van der Waals surface area contributed by atoms with Gasteiger partial charge in [0.25, 0.3) is 0 Å². The van der Waals surface area contributed by atoms with E-state index in [9.17, 15) is 9.90 Å². The molecule has 1 saturated heterocycles. The topological polar surface area (TPSA) is 88.4 Å². The fraction of sp³-hybridized carbons (Fsp3) is 0.412. The molecule has 2 aromatic heterocycles. The molecule has 1 unspecified atom stereocenters. The minimum absolute atomic E-state index is 0.360. The molecule has 3 rings (SSSR count). The number of piperidine rings is 1. The number of hydrogen-bond donors (Lipinski definition) is 1. The highest BCUT2D eigenvalue weighted by Gasteiger charge is 2.26. The maximum Gasteiger partial charge on any atom is 0.308 e. The zero-order valence-electron chi connectivity index (χ0n) is 13.6. The van der Waals surface area contributed by atoms with Crippen LogP contribution >= 0.6 is 0 Å². The molecule has 7 nitrogen and oxygen atoms in total. The standard InChI is InChI=1S/C17H20N4O3/c1-24-11-14-8-15(21-7-3-5-13(10-21)17(22)23)20-16(19-14)12-4-2-6-18-9-12/h2,4,6,8-9,13H,3,5,7,10-11H2,1H3,(H,22,23). The predicted molar refractivity (Wildman–Crippen MR) is 88.5 cm³/mol. The summed E-state index contributed by atoms with van der Waals surface area (Å²) in [5.74, 6) is 0.201. The quantitative estimate of drug-likeness (QED) is 0.897. The summed E-state index contributed by atoms with van der Waals surface area (Å²) in [5.41, 5.74) is 1.59. The molecule has 0 spiro atoms. The average molecular weight is 328 g/mol. The van der Waals surface area contributed by atoms with Gasteiger partial charge in [-0.3, -0.25) is 9.78 Å². The van der Waals surface area contributed by atoms with Crippen LogP contribution in [0.25, 0.3) is 11.4 Å². The highest BCUT2D eigenvalue weighted by molar-refractivity contribution is 5.71. The van der Waals surface area contributed by atoms with Gasteiger partial charge >= 0.3 is 5.97 Å². The fourth-order valence-electron chi connectivity index (χ4n) is 2.88. The van der Waals surface area contributed by atoms with Gasteiger partial charge in [-0.15, -0.1) is 0 Å². The molecule has 0 amide bonds. The molecule has 126 valence electrons. The predicted octanol–water partition coefficient (Wildman–Crippen LogP) is 1.99. The van der Waals surface area contributed by atoms with Crippen LogP contribution in [0.15, 0.2) is 30.6 Å². The van der Waals surface area contributed by atoms with E-state index in [1.807, 2.05) is 23.1 Å². The Labute approximate surface area is 140 Å². The van der Waals surface area contributed by atoms with Crippen molar-refractivity contribution in [3.8, 4) is 11.4 Å². The number of methoxy groups -OCH3 is 1. The molecule has 0 aromatic carbocycles. The Morgan fingerprint density at radius 1 is 1.46 bits per heavy atom. The number of nitrogens with zero attached hydrogens (tertiary/aromatic N) is 4. The van der Waals surface area contributed by atoms with E-state index in [1.54, 1.807) is 19.5 Å². The largest absolute Gasteiger partial charge is 0.481 e. The van der Waals surface area contributed by atoms with E-state index in [-0.39, 0.29) is 5.92 Å². The maximum atomic E-state index is 11.3. The molecule has 0 aliphatic carbocycles. The molecule has 24 heavy (non-hydrogen) atoms. The van der Waals surface area contributed by atoms with Crippen molar-refractivity contribution >= 4 is 11.8 Å². The number of carboxylic acid groups (broad SMARTS) is 1. The van der Waals surface area contributed by atoms with Crippen LogP contribution in [0.4, 0.5) is 5.82 Å². The molecule has 1 atom stereocenters. The number of rotatable bonds is 5. The summed E-state index contributed by atoms with van der Waals surface area (Å²) < 4.78 is 5.20. The van der Waals surface area contributed by atoms with Crippen molar-refractivity contribution in [3.63, 3.8) is 0 Å². The molecular weight excluding hydrogens is 308 g/mol. The summed E-state index contributed by atoms with van der Waals surface area (Å²) in [5, 5.41) is 9.29. The van der Waals surface area contributed by atoms with E-state index < -0.39 is 5.97 Å². The Bertz CT molecular complexity index is 708. The first-order valence-electron chi connectivity index (χ1n) is 7.92. The Morgan fingerprint density at radius 2 is 2.33 bits per heavy atom. The van der Waals surface area contributed by atoms with E-state index in [0.717, 1.165) is 30.0 Å². The van der Waals surface area contributed by atoms with Crippen LogP contribution in [0.2, 0.25) is 0 Å². The minimum Gasteiger partial charge on any atom is -0.481 e. The molecule has 1 aliphatic heterocycles. The fourth-order valence-corrected chi connectivity index (χ4v) is 2.88. The van der Waals surface area contributed by atoms with Gasteiger partial charge in [-0.2, -0.15) is 0 Å². The van der Waals surface area contributed by atoms with Crippen LogP contribution < -0.4 is 4.90 Å². The number of carbonyl (C=O) groups is 1. The van der Waals surface area contributed by atoms with Gasteiger partial charge in [0.15, 0.2) is 5.82 Å². The van der Waals surface area contributed by atoms with Gasteiger partial charge in [0.1, 0.15) is 5.82 Å². The number of pyridine rings is 1. The molecular formula is C17H20N4O3. The third kappa shape index (κ3) is 3.68. The van der Waals surface area contributed by atoms with Crippen molar-refractivity contribution in [2.24, 2.45) is 5.92 Å². The molecule has 0 radical (unpaired) electrons. The summed E-state index contributed by atoms with van der Waals surface area (Å²) in [6.45, 7) is 1.63. The van der Waals surface area contributed by atoms with Gasteiger partial charge in [0.2, 0.25) is 0 Å². The van der Waals surface area contributed by atoms with E-state index >= 15 is 0 Å². The normalized spacial score (nSPS) is 17.7. The second-order valence-corrected chi connectivity index (χ2v) is 5.84. The summed E-state index contributed by atoms with van der Waals surface area (Å²) in [6.07, 6.45) is 4.96. The third-order valence-corrected chi connectivity index (χ3v) is 4.07. The lowest BCUT2D eigenvalue weighted by atomic mass is 9.98. The Morgan fingerprint density at radius 3 is 3.04 bits per heavy atom. The van der Waals surface area contributed by atoms with E-state index in [1.165, 1.54) is 0 Å². The molecule has 1 aliphatic rings. The average Bonchev–Trinajstić information content (AvgIpc) is 2.62. The van der Waals surface area contributed by atoms with Crippen LogP contribution in [0.1, 0.15) is 18.5 Å². The van der Waals surface area contributed by atoms with Gasteiger partial charge < -0.3 is 14.7 Å². The molecule has 0 saturated carbocycles. The smallest absolute Gasteiger partial charge is 0.308 e. The van der Waals surface area contributed by atoms with Gasteiger partial charge in [0, 0.05) is 44.2 Å². The number of carboxylic acids is 1. The highest BCUT2D eigenvalue weighted by atomic mass is 16.5. The van der Waals surface area contributed by atoms with Crippen molar-refractivity contribution in [1.82, 2.24) is 15.0 Å². The van der Waals surface area contributed by atoms with Gasteiger partial charge in [-0.05, 0) is 25.0 Å². The van der Waals surface area contributed by atoms with Crippen molar-refractivity contribution in [3.05, 3.63) is 36.3 Å². The number of hydrogen-bond acceptors (Lipinski definition) is 6. The van der Waals surface area contributed by atoms with Crippen LogP contribution in [0, 0.1) is 5.92 Å². The number of aromatic nitrogens is 3. The molecule has 7 heteroatoms. The van der Waals surface area contributed by atoms with Crippen LogP contribution in [-0.2, 0) is 16.1 Å². The van der Waals surface area contributed by atoms with E-state index in [2.05, 4.69) is 15.0 Å². The monoisotopic (exact) mass is 328 g/mol. The molecule has 2 aromatic rings. The van der Waals surface area contributed by atoms with Crippen LogP contribution in [0.3, 0.4) is 0 Å². The maximum absolute atomic E-state index is 11.3. The summed E-state index contributed by atoms with van der Waals surface area (Å²) in [6, 6.07) is 5.61. The summed E-state index contributed by atoms with van der Waals surface area (Å²) in [4.78, 5) is 26.6. The number of anilines is 1. The van der Waals surface area contributed by atoms with E-state index in [4.69, 9.17) is 4.74 Å². The van der Waals surface area contributed by atoms with Crippen molar-refractivity contribution in [2.45, 2.75) is 19.4 Å². The second kappa shape index (κ2) is 7.35. The SMILES string of the molecule is COCc1cc(N2CCCC(C(=O)O)C2)nc(-c2cccnc2)n1. The lowest BCUT2D eigenvalue weighted by Gasteiger charge is -2.32. The number of ether oxygens (including phenoxy) is 1. The third-order valence-electron chi connectivity index (χ3n) is 4.07. The van der Waals surface area contributed by atoms with Gasteiger partial charge in [-0.1, -0.05) is 0 Å². The Kier molecular flexibility index (Phi) is 5.00. The molecule has 3 heterocycles. The van der Waals surface area contributed by atoms with Crippen molar-refractivity contribution in [1.29, 1.82) is 0 Å². The number of aliphatic carboxylic acids is 1. The zero-order valence-corrected chi connectivity index (χ0v) is 13.6. The first-order chi connectivity index (χ1) is 11.7. The lowest BCUT2D eigenvalue weighted by Crippen LogP contribution is -2.39. The van der Waals surface area contributed by atoms with Gasteiger partial charge in [0.05, 0.1) is 18.2 Å². The van der Waals surface area contributed by atoms with E-state index in [0.29, 0.717) is 25.4 Å². The molecule has 1 fully saturated rings. The molecule has 0 bridgehead atoms. The summed E-state index contributed by atoms with van der Waals surface area (Å²) >= 11 is 0. The lowest BCUT2D eigenvalue weighted by molar-refractivity contribution is -0.141. The van der Waals surface area contributed by atoms with Crippen molar-refractivity contribution < 1.29 is 14.6 Å². The first-order valence-corrected chi connectivity index (χ1v) is 7.92. The van der Waals surface area contributed by atoms with Crippen LogP contribution in [-0.4, -0.2) is 46.2 Å². The first kappa shape index (κ1) is 16.3.